The number of nitrogens with zero attached hydrogens (tertiary/aromatic N) is 5. The van der Waals surface area contributed by atoms with E-state index in [1.165, 1.54) is 19.3 Å². The number of fused-ring (bicyclic) bond motifs is 1. The highest BCUT2D eigenvalue weighted by Gasteiger charge is 2.32. The van der Waals surface area contributed by atoms with Crippen LogP contribution in [-0.2, 0) is 0 Å². The smallest absolute Gasteiger partial charge is 0.214 e. The Balaban J connectivity index is 1.29. The Morgan fingerprint density at radius 3 is 2.83 bits per heavy atom. The molecule has 0 atom stereocenters. The quantitative estimate of drug-likeness (QED) is 0.796. The molecule has 118 valence electrons. The maximum absolute atomic E-state index is 4.68. The summed E-state index contributed by atoms with van der Waals surface area (Å²) < 4.78 is 1.88. The lowest BCUT2D eigenvalue weighted by Gasteiger charge is -2.43. The summed E-state index contributed by atoms with van der Waals surface area (Å²) in [5.41, 5.74) is 1.96. The molecule has 6 nitrogen and oxygen atoms in total. The number of rotatable bonds is 4. The standard InChI is InChI=1S/C16H18N6S/c1-4-12(5-1)18-13-8-21(9-13)16-20-22-10-14(19-15(22)23-16)11-3-2-6-17-7-11/h2-3,6-7,10,12-13,18H,1,4-5,8-9H2. The minimum Gasteiger partial charge on any atom is -0.343 e. The summed E-state index contributed by atoms with van der Waals surface area (Å²) in [5.74, 6) is 0. The van der Waals surface area contributed by atoms with Crippen LogP contribution in [0.4, 0.5) is 5.13 Å². The van der Waals surface area contributed by atoms with Gasteiger partial charge in [0.25, 0.3) is 0 Å². The SMILES string of the molecule is c1cncc(-c2cn3nc(N4CC(NC5CCC5)C4)sc3n2)c1. The highest BCUT2D eigenvalue weighted by molar-refractivity contribution is 7.20. The fourth-order valence-corrected chi connectivity index (χ4v) is 4.02. The van der Waals surface area contributed by atoms with Crippen molar-refractivity contribution in [2.45, 2.75) is 31.3 Å². The third-order valence-corrected chi connectivity index (χ3v) is 5.70. The van der Waals surface area contributed by atoms with E-state index in [1.54, 1.807) is 17.5 Å². The average molecular weight is 326 g/mol. The van der Waals surface area contributed by atoms with Crippen molar-refractivity contribution in [2.75, 3.05) is 18.0 Å². The van der Waals surface area contributed by atoms with Gasteiger partial charge in [0, 0.05) is 43.1 Å². The van der Waals surface area contributed by atoms with Crippen LogP contribution in [0, 0.1) is 0 Å². The average Bonchev–Trinajstić information content (AvgIpc) is 3.03. The van der Waals surface area contributed by atoms with E-state index in [9.17, 15) is 0 Å². The number of aromatic nitrogens is 4. The Hall–Kier alpha value is -1.99. The van der Waals surface area contributed by atoms with Gasteiger partial charge < -0.3 is 10.2 Å². The third kappa shape index (κ3) is 2.40. The Morgan fingerprint density at radius 1 is 1.22 bits per heavy atom. The van der Waals surface area contributed by atoms with E-state index in [4.69, 9.17) is 0 Å². The van der Waals surface area contributed by atoms with Gasteiger partial charge in [-0.3, -0.25) is 4.98 Å². The second-order valence-electron chi connectivity index (χ2n) is 6.38. The maximum Gasteiger partial charge on any atom is 0.214 e. The molecule has 3 aromatic rings. The van der Waals surface area contributed by atoms with Crippen molar-refractivity contribution >= 4 is 21.4 Å². The minimum absolute atomic E-state index is 0.627. The van der Waals surface area contributed by atoms with Gasteiger partial charge in [-0.05, 0) is 25.0 Å². The molecule has 3 aromatic heterocycles. The molecule has 2 aliphatic rings. The number of anilines is 1. The summed E-state index contributed by atoms with van der Waals surface area (Å²) in [4.78, 5) is 12.1. The first-order chi connectivity index (χ1) is 11.3. The van der Waals surface area contributed by atoms with Gasteiger partial charge in [-0.1, -0.05) is 17.8 Å². The van der Waals surface area contributed by atoms with Crippen LogP contribution in [0.1, 0.15) is 19.3 Å². The first-order valence-corrected chi connectivity index (χ1v) is 8.94. The Bertz CT molecular complexity index is 784. The van der Waals surface area contributed by atoms with Crippen LogP contribution in [0.3, 0.4) is 0 Å². The molecule has 1 saturated carbocycles. The lowest BCUT2D eigenvalue weighted by Crippen LogP contribution is -2.61. The lowest BCUT2D eigenvalue weighted by molar-refractivity contribution is 0.278. The third-order valence-electron chi connectivity index (χ3n) is 4.72. The zero-order chi connectivity index (χ0) is 15.2. The Morgan fingerprint density at radius 2 is 2.13 bits per heavy atom. The van der Waals surface area contributed by atoms with Crippen molar-refractivity contribution in [3.63, 3.8) is 0 Å². The molecular formula is C16H18N6S. The molecule has 2 fully saturated rings. The van der Waals surface area contributed by atoms with Crippen LogP contribution >= 0.6 is 11.3 Å². The highest BCUT2D eigenvalue weighted by atomic mass is 32.1. The molecule has 1 N–H and O–H groups in total. The zero-order valence-electron chi connectivity index (χ0n) is 12.7. The predicted octanol–water partition coefficient (Wildman–Crippen LogP) is 2.18. The lowest BCUT2D eigenvalue weighted by atomic mass is 9.91. The van der Waals surface area contributed by atoms with Gasteiger partial charge in [0.1, 0.15) is 0 Å². The fourth-order valence-electron chi connectivity index (χ4n) is 3.12. The largest absolute Gasteiger partial charge is 0.343 e. The number of hydrogen-bond donors (Lipinski definition) is 1. The molecule has 0 unspecified atom stereocenters. The Labute approximate surface area is 138 Å². The van der Waals surface area contributed by atoms with Crippen LogP contribution in [0.2, 0.25) is 0 Å². The van der Waals surface area contributed by atoms with E-state index in [2.05, 4.69) is 25.3 Å². The summed E-state index contributed by atoms with van der Waals surface area (Å²) in [5, 5.41) is 9.46. The van der Waals surface area contributed by atoms with Crippen molar-refractivity contribution in [2.24, 2.45) is 0 Å². The van der Waals surface area contributed by atoms with Crippen LogP contribution < -0.4 is 10.2 Å². The second kappa shape index (κ2) is 5.28. The van der Waals surface area contributed by atoms with Crippen molar-refractivity contribution < 1.29 is 0 Å². The van der Waals surface area contributed by atoms with E-state index in [1.807, 2.05) is 29.0 Å². The van der Waals surface area contributed by atoms with E-state index < -0.39 is 0 Å². The van der Waals surface area contributed by atoms with Crippen molar-refractivity contribution in [1.82, 2.24) is 24.9 Å². The molecule has 0 bridgehead atoms. The Kier molecular flexibility index (Phi) is 3.09. The van der Waals surface area contributed by atoms with Gasteiger partial charge in [-0.15, -0.1) is 5.10 Å². The van der Waals surface area contributed by atoms with Gasteiger partial charge in [-0.25, -0.2) is 9.50 Å². The summed E-state index contributed by atoms with van der Waals surface area (Å²) in [6, 6.07) is 5.34. The van der Waals surface area contributed by atoms with E-state index in [0.29, 0.717) is 6.04 Å². The van der Waals surface area contributed by atoms with Crippen LogP contribution in [0.25, 0.3) is 16.2 Å². The maximum atomic E-state index is 4.68. The van der Waals surface area contributed by atoms with Crippen LogP contribution in [0.15, 0.2) is 30.7 Å². The topological polar surface area (TPSA) is 58.4 Å². The number of pyridine rings is 1. The normalized spacial score (nSPS) is 19.0. The monoisotopic (exact) mass is 326 g/mol. The van der Waals surface area contributed by atoms with Crippen molar-refractivity contribution in [3.05, 3.63) is 30.7 Å². The van der Waals surface area contributed by atoms with E-state index in [0.717, 1.165) is 40.5 Å². The number of hydrogen-bond acceptors (Lipinski definition) is 6. The molecule has 4 heterocycles. The van der Waals surface area contributed by atoms with Crippen LogP contribution in [0.5, 0.6) is 0 Å². The summed E-state index contributed by atoms with van der Waals surface area (Å²) >= 11 is 1.66. The van der Waals surface area contributed by atoms with Crippen molar-refractivity contribution in [1.29, 1.82) is 0 Å². The van der Waals surface area contributed by atoms with Gasteiger partial charge in [-0.2, -0.15) is 0 Å². The summed E-state index contributed by atoms with van der Waals surface area (Å²) in [6.45, 7) is 2.12. The predicted molar refractivity (Wildman–Crippen MR) is 90.9 cm³/mol. The molecule has 0 amide bonds. The molecule has 7 heteroatoms. The van der Waals surface area contributed by atoms with Gasteiger partial charge in [0.05, 0.1) is 11.9 Å². The molecular weight excluding hydrogens is 308 g/mol. The molecule has 0 radical (unpaired) electrons. The van der Waals surface area contributed by atoms with Gasteiger partial charge in [0.15, 0.2) is 0 Å². The van der Waals surface area contributed by atoms with Gasteiger partial charge in [0.2, 0.25) is 10.1 Å². The van der Waals surface area contributed by atoms with Crippen molar-refractivity contribution in [3.8, 4) is 11.3 Å². The zero-order valence-corrected chi connectivity index (χ0v) is 13.5. The molecule has 23 heavy (non-hydrogen) atoms. The molecule has 0 spiro atoms. The summed E-state index contributed by atoms with van der Waals surface area (Å²) in [6.07, 6.45) is 9.67. The first-order valence-electron chi connectivity index (χ1n) is 8.13. The molecule has 0 aromatic carbocycles. The summed E-state index contributed by atoms with van der Waals surface area (Å²) in [7, 11) is 0. The molecule has 1 saturated heterocycles. The number of imidazole rings is 1. The molecule has 5 rings (SSSR count). The fraction of sp³-hybridized carbons (Fsp3) is 0.438. The van der Waals surface area contributed by atoms with Crippen LogP contribution in [-0.4, -0.2) is 44.8 Å². The van der Waals surface area contributed by atoms with Gasteiger partial charge >= 0.3 is 0 Å². The minimum atomic E-state index is 0.627. The highest BCUT2D eigenvalue weighted by Crippen LogP contribution is 2.29. The van der Waals surface area contributed by atoms with E-state index in [-0.39, 0.29) is 0 Å². The number of nitrogens with one attached hydrogen (secondary N) is 1. The second-order valence-corrected chi connectivity index (χ2v) is 7.31. The van der Waals surface area contributed by atoms with E-state index >= 15 is 0 Å². The molecule has 1 aliphatic heterocycles. The molecule has 1 aliphatic carbocycles. The first kappa shape index (κ1) is 13.4.